The third-order valence-electron chi connectivity index (χ3n) is 3.18. The van der Waals surface area contributed by atoms with E-state index in [0.29, 0.717) is 12.0 Å². The lowest BCUT2D eigenvalue weighted by Gasteiger charge is -2.26. The van der Waals surface area contributed by atoms with Gasteiger partial charge in [-0.25, -0.2) is 0 Å². The Morgan fingerprint density at radius 2 is 1.89 bits per heavy atom. The molecule has 0 fully saturated rings. The van der Waals surface area contributed by atoms with Crippen LogP contribution in [0, 0.1) is 5.92 Å². The van der Waals surface area contributed by atoms with Gasteiger partial charge in [0.25, 0.3) is 0 Å². The summed E-state index contributed by atoms with van der Waals surface area (Å²) in [4.78, 5) is 2.27. The summed E-state index contributed by atoms with van der Waals surface area (Å²) in [6, 6.07) is 6.12. The van der Waals surface area contributed by atoms with Gasteiger partial charge in [-0.05, 0) is 50.2 Å². The highest BCUT2D eigenvalue weighted by Gasteiger charge is 2.13. The van der Waals surface area contributed by atoms with Crippen molar-refractivity contribution < 1.29 is 0 Å². The van der Waals surface area contributed by atoms with Gasteiger partial charge in [0.15, 0.2) is 0 Å². The lowest BCUT2D eigenvalue weighted by atomic mass is 10.0. The van der Waals surface area contributed by atoms with Crippen molar-refractivity contribution in [1.82, 2.24) is 10.2 Å². The monoisotopic (exact) mass is 302 g/mol. The van der Waals surface area contributed by atoms with E-state index in [2.05, 4.69) is 38.2 Å². The maximum absolute atomic E-state index is 6.15. The van der Waals surface area contributed by atoms with Gasteiger partial charge in [0.1, 0.15) is 0 Å². The highest BCUT2D eigenvalue weighted by Crippen LogP contribution is 2.20. The number of nitrogens with zero attached hydrogens (tertiary/aromatic N) is 1. The predicted octanol–water partition coefficient (Wildman–Crippen LogP) is 4.06. The molecule has 0 amide bonds. The Bertz CT molecular complexity index is 392. The number of nitrogens with one attached hydrogen (secondary N) is 1. The molecule has 1 unspecified atom stereocenters. The Balaban J connectivity index is 2.49. The van der Waals surface area contributed by atoms with E-state index in [1.165, 1.54) is 6.42 Å². The molecule has 1 rings (SSSR count). The van der Waals surface area contributed by atoms with Crippen LogP contribution in [0.3, 0.4) is 0 Å². The van der Waals surface area contributed by atoms with Crippen LogP contribution in [0.2, 0.25) is 10.0 Å². The van der Waals surface area contributed by atoms with Crippen molar-refractivity contribution in [2.75, 3.05) is 20.6 Å². The van der Waals surface area contributed by atoms with Crippen LogP contribution in [-0.2, 0) is 6.54 Å². The van der Waals surface area contributed by atoms with E-state index in [1.54, 1.807) is 0 Å². The predicted molar refractivity (Wildman–Crippen MR) is 85.1 cm³/mol. The maximum atomic E-state index is 6.15. The zero-order valence-corrected chi connectivity index (χ0v) is 13.7. The summed E-state index contributed by atoms with van der Waals surface area (Å²) in [5, 5.41) is 4.97. The van der Waals surface area contributed by atoms with E-state index in [1.807, 2.05) is 18.2 Å². The molecule has 0 aromatic heterocycles. The van der Waals surface area contributed by atoms with E-state index in [-0.39, 0.29) is 0 Å². The average Bonchev–Trinajstić information content (AvgIpc) is 2.31. The number of hydrogen-bond donors (Lipinski definition) is 1. The van der Waals surface area contributed by atoms with Gasteiger partial charge in [-0.2, -0.15) is 0 Å². The minimum absolute atomic E-state index is 0.540. The molecule has 19 heavy (non-hydrogen) atoms. The smallest absolute Gasteiger partial charge is 0.0451 e. The Morgan fingerprint density at radius 1 is 1.21 bits per heavy atom. The highest BCUT2D eigenvalue weighted by molar-refractivity contribution is 6.33. The minimum atomic E-state index is 0.540. The van der Waals surface area contributed by atoms with Crippen molar-refractivity contribution in [1.29, 1.82) is 0 Å². The van der Waals surface area contributed by atoms with Gasteiger partial charge in [-0.15, -0.1) is 0 Å². The number of likely N-dealkylation sites (N-methyl/N-ethyl adjacent to an activating group) is 1. The summed E-state index contributed by atoms with van der Waals surface area (Å²) < 4.78 is 0. The molecule has 0 saturated carbocycles. The van der Waals surface area contributed by atoms with Crippen molar-refractivity contribution in [3.05, 3.63) is 33.8 Å². The second-order valence-electron chi connectivity index (χ2n) is 5.61. The lowest BCUT2D eigenvalue weighted by Crippen LogP contribution is -2.38. The molecule has 108 valence electrons. The van der Waals surface area contributed by atoms with Crippen LogP contribution >= 0.6 is 23.2 Å². The molecule has 0 spiro atoms. The molecule has 1 aromatic carbocycles. The molecule has 0 aliphatic heterocycles. The SMILES string of the molecule is CC(C)CC(CNCc1cc(Cl)ccc1Cl)N(C)C. The topological polar surface area (TPSA) is 15.3 Å². The number of benzene rings is 1. The van der Waals surface area contributed by atoms with E-state index in [9.17, 15) is 0 Å². The molecule has 1 N–H and O–H groups in total. The van der Waals surface area contributed by atoms with E-state index in [4.69, 9.17) is 23.2 Å². The van der Waals surface area contributed by atoms with Crippen molar-refractivity contribution in [3.63, 3.8) is 0 Å². The second kappa shape index (κ2) is 8.11. The molecule has 0 aliphatic rings. The molecule has 0 radical (unpaired) electrons. The third kappa shape index (κ3) is 6.13. The number of rotatable bonds is 7. The van der Waals surface area contributed by atoms with Gasteiger partial charge in [0, 0.05) is 29.2 Å². The molecule has 0 bridgehead atoms. The van der Waals surface area contributed by atoms with Crippen LogP contribution in [-0.4, -0.2) is 31.6 Å². The molecule has 0 aliphatic carbocycles. The number of halogens is 2. The Kier molecular flexibility index (Phi) is 7.16. The third-order valence-corrected chi connectivity index (χ3v) is 3.78. The average molecular weight is 303 g/mol. The summed E-state index contributed by atoms with van der Waals surface area (Å²) in [5.74, 6) is 0.698. The van der Waals surface area contributed by atoms with Crippen LogP contribution in [0.25, 0.3) is 0 Å². The van der Waals surface area contributed by atoms with Gasteiger partial charge >= 0.3 is 0 Å². The Labute approximate surface area is 127 Å². The van der Waals surface area contributed by atoms with Gasteiger partial charge < -0.3 is 10.2 Å². The van der Waals surface area contributed by atoms with Crippen molar-refractivity contribution in [2.24, 2.45) is 5.92 Å². The van der Waals surface area contributed by atoms with Gasteiger partial charge in [-0.1, -0.05) is 37.0 Å². The Hall–Kier alpha value is -0.280. The molecule has 0 heterocycles. The quantitative estimate of drug-likeness (QED) is 0.817. The van der Waals surface area contributed by atoms with E-state index >= 15 is 0 Å². The van der Waals surface area contributed by atoms with Crippen LogP contribution < -0.4 is 5.32 Å². The van der Waals surface area contributed by atoms with Crippen LogP contribution in [0.4, 0.5) is 0 Å². The van der Waals surface area contributed by atoms with Crippen LogP contribution in [0.15, 0.2) is 18.2 Å². The van der Waals surface area contributed by atoms with Crippen molar-refractivity contribution in [2.45, 2.75) is 32.9 Å². The fourth-order valence-corrected chi connectivity index (χ4v) is 2.45. The molecular weight excluding hydrogens is 279 g/mol. The largest absolute Gasteiger partial charge is 0.311 e. The summed E-state index contributed by atoms with van der Waals surface area (Å²) >= 11 is 12.1. The summed E-state index contributed by atoms with van der Waals surface area (Å²) in [6.45, 7) is 6.21. The van der Waals surface area contributed by atoms with Gasteiger partial charge in [-0.3, -0.25) is 0 Å². The molecule has 0 saturated heterocycles. The highest BCUT2D eigenvalue weighted by atomic mass is 35.5. The summed E-state index contributed by atoms with van der Waals surface area (Å²) in [6.07, 6.45) is 1.18. The summed E-state index contributed by atoms with van der Waals surface area (Å²) in [7, 11) is 4.25. The van der Waals surface area contributed by atoms with Crippen LogP contribution in [0.5, 0.6) is 0 Å². The molecule has 1 atom stereocenters. The fraction of sp³-hybridized carbons (Fsp3) is 0.600. The molecule has 4 heteroatoms. The zero-order valence-electron chi connectivity index (χ0n) is 12.2. The fourth-order valence-electron chi connectivity index (χ4n) is 2.07. The first kappa shape index (κ1) is 16.8. The summed E-state index contributed by atoms with van der Waals surface area (Å²) in [5.41, 5.74) is 1.05. The molecule has 1 aromatic rings. The van der Waals surface area contributed by atoms with Gasteiger partial charge in [0.2, 0.25) is 0 Å². The first-order valence-electron chi connectivity index (χ1n) is 6.71. The lowest BCUT2D eigenvalue weighted by molar-refractivity contribution is 0.246. The van der Waals surface area contributed by atoms with E-state index < -0.39 is 0 Å². The van der Waals surface area contributed by atoms with Crippen molar-refractivity contribution >= 4 is 23.2 Å². The second-order valence-corrected chi connectivity index (χ2v) is 6.46. The zero-order chi connectivity index (χ0) is 14.4. The standard InChI is InChI=1S/C15H24Cl2N2/c1-11(2)7-14(19(3)4)10-18-9-12-8-13(16)5-6-15(12)17/h5-6,8,11,14,18H,7,9-10H2,1-4H3. The molecular formula is C15H24Cl2N2. The first-order chi connectivity index (χ1) is 8.90. The Morgan fingerprint density at radius 3 is 2.47 bits per heavy atom. The maximum Gasteiger partial charge on any atom is 0.0451 e. The number of hydrogen-bond acceptors (Lipinski definition) is 2. The van der Waals surface area contributed by atoms with Gasteiger partial charge in [0.05, 0.1) is 0 Å². The minimum Gasteiger partial charge on any atom is -0.311 e. The van der Waals surface area contributed by atoms with Crippen molar-refractivity contribution in [3.8, 4) is 0 Å². The first-order valence-corrected chi connectivity index (χ1v) is 7.46. The van der Waals surface area contributed by atoms with Crippen LogP contribution in [0.1, 0.15) is 25.8 Å². The normalized spacial score (nSPS) is 13.3. The molecule has 2 nitrogen and oxygen atoms in total. The van der Waals surface area contributed by atoms with E-state index in [0.717, 1.165) is 28.7 Å².